The summed E-state index contributed by atoms with van der Waals surface area (Å²) in [6, 6.07) is 8.62. The molecule has 1 heterocycles. The van der Waals surface area contributed by atoms with Crippen molar-refractivity contribution in [3.05, 3.63) is 64.0 Å². The molecule has 18 heavy (non-hydrogen) atoms. The van der Waals surface area contributed by atoms with Gasteiger partial charge in [-0.1, -0.05) is 6.07 Å². The number of nitro benzene ring substituents is 1. The summed E-state index contributed by atoms with van der Waals surface area (Å²) in [5.74, 6) is -0.434. The van der Waals surface area contributed by atoms with Crippen molar-refractivity contribution in [2.24, 2.45) is 0 Å². The van der Waals surface area contributed by atoms with Crippen LogP contribution in [0.3, 0.4) is 0 Å². The van der Waals surface area contributed by atoms with Crippen molar-refractivity contribution in [2.45, 2.75) is 0 Å². The number of hydrogen-bond acceptors (Lipinski definition) is 5. The molecule has 0 fully saturated rings. The van der Waals surface area contributed by atoms with E-state index >= 15 is 0 Å². The highest BCUT2D eigenvalue weighted by molar-refractivity contribution is 6.11. The number of carbonyl (C=O) groups excluding carboxylic acids is 1. The molecule has 2 N–H and O–H groups in total. The fourth-order valence-corrected chi connectivity index (χ4v) is 1.49. The van der Waals surface area contributed by atoms with Crippen LogP contribution in [0, 0.1) is 10.1 Å². The number of anilines is 1. The van der Waals surface area contributed by atoms with E-state index in [0.717, 1.165) is 6.07 Å². The van der Waals surface area contributed by atoms with Crippen molar-refractivity contribution < 1.29 is 9.72 Å². The molecule has 0 radical (unpaired) electrons. The first kappa shape index (κ1) is 11.7. The Morgan fingerprint density at radius 3 is 2.67 bits per heavy atom. The molecule has 1 aromatic heterocycles. The second-order valence-electron chi connectivity index (χ2n) is 3.57. The van der Waals surface area contributed by atoms with E-state index in [9.17, 15) is 14.9 Å². The van der Waals surface area contributed by atoms with E-state index < -0.39 is 10.7 Å². The van der Waals surface area contributed by atoms with Crippen LogP contribution in [0.5, 0.6) is 0 Å². The van der Waals surface area contributed by atoms with E-state index in [1.165, 1.54) is 24.4 Å². The number of non-ortho nitro benzene ring substituents is 1. The molecule has 2 rings (SSSR count). The number of pyridine rings is 1. The summed E-state index contributed by atoms with van der Waals surface area (Å²) in [6.07, 6.45) is 1.47. The average Bonchev–Trinajstić information content (AvgIpc) is 2.39. The van der Waals surface area contributed by atoms with Gasteiger partial charge < -0.3 is 5.73 Å². The van der Waals surface area contributed by atoms with Gasteiger partial charge in [-0.05, 0) is 18.2 Å². The van der Waals surface area contributed by atoms with E-state index in [1.807, 2.05) is 0 Å². The van der Waals surface area contributed by atoms with E-state index in [0.29, 0.717) is 0 Å². The smallest absolute Gasteiger partial charge is 0.270 e. The number of nitro groups is 1. The van der Waals surface area contributed by atoms with Crippen LogP contribution in [0.1, 0.15) is 16.1 Å². The Bertz CT molecular complexity index is 611. The summed E-state index contributed by atoms with van der Waals surface area (Å²) >= 11 is 0. The number of carbonyl (C=O) groups is 1. The van der Waals surface area contributed by atoms with Crippen molar-refractivity contribution in [2.75, 3.05) is 5.73 Å². The molecule has 1 aromatic carbocycles. The molecule has 0 unspecified atom stereocenters. The van der Waals surface area contributed by atoms with Crippen LogP contribution in [-0.2, 0) is 0 Å². The molecule has 0 aliphatic carbocycles. The lowest BCUT2D eigenvalue weighted by Gasteiger charge is -2.03. The van der Waals surface area contributed by atoms with Crippen LogP contribution < -0.4 is 5.73 Å². The zero-order valence-corrected chi connectivity index (χ0v) is 9.24. The summed E-state index contributed by atoms with van der Waals surface area (Å²) in [7, 11) is 0. The van der Waals surface area contributed by atoms with Crippen LogP contribution in [0.25, 0.3) is 0 Å². The third-order valence-corrected chi connectivity index (χ3v) is 2.39. The second-order valence-corrected chi connectivity index (χ2v) is 3.57. The molecule has 0 amide bonds. The third kappa shape index (κ3) is 2.17. The molecule has 0 bridgehead atoms. The van der Waals surface area contributed by atoms with Crippen LogP contribution in [0.2, 0.25) is 0 Å². The van der Waals surface area contributed by atoms with Gasteiger partial charge in [0.1, 0.15) is 5.69 Å². The molecule has 6 heteroatoms. The van der Waals surface area contributed by atoms with Gasteiger partial charge in [0, 0.05) is 24.0 Å². The van der Waals surface area contributed by atoms with Gasteiger partial charge in [0.15, 0.2) is 0 Å². The van der Waals surface area contributed by atoms with Crippen molar-refractivity contribution in [1.29, 1.82) is 0 Å². The summed E-state index contributed by atoms with van der Waals surface area (Å²) in [6.45, 7) is 0. The van der Waals surface area contributed by atoms with Crippen LogP contribution >= 0.6 is 0 Å². The number of nitrogens with two attached hydrogens (primary N) is 1. The van der Waals surface area contributed by atoms with Gasteiger partial charge in [0.2, 0.25) is 5.78 Å². The Labute approximate surface area is 102 Å². The third-order valence-electron chi connectivity index (χ3n) is 2.39. The van der Waals surface area contributed by atoms with Gasteiger partial charge in [-0.15, -0.1) is 0 Å². The maximum absolute atomic E-state index is 12.1. The molecule has 6 nitrogen and oxygen atoms in total. The fraction of sp³-hybridized carbons (Fsp3) is 0. The molecule has 0 saturated carbocycles. The van der Waals surface area contributed by atoms with Gasteiger partial charge >= 0.3 is 0 Å². The number of benzene rings is 1. The summed E-state index contributed by atoms with van der Waals surface area (Å²) < 4.78 is 0. The van der Waals surface area contributed by atoms with Gasteiger partial charge in [0.05, 0.1) is 10.5 Å². The Hall–Kier alpha value is -2.76. The first-order valence-electron chi connectivity index (χ1n) is 5.09. The monoisotopic (exact) mass is 243 g/mol. The molecule has 2 aromatic rings. The Morgan fingerprint density at radius 2 is 2.06 bits per heavy atom. The van der Waals surface area contributed by atoms with Crippen LogP contribution in [-0.4, -0.2) is 15.7 Å². The number of ketones is 1. The van der Waals surface area contributed by atoms with Crippen LogP contribution in [0.4, 0.5) is 11.4 Å². The Balaban J connectivity index is 2.48. The summed E-state index contributed by atoms with van der Waals surface area (Å²) in [5.41, 5.74) is 5.96. The van der Waals surface area contributed by atoms with Gasteiger partial charge in [0.25, 0.3) is 5.69 Å². The fourth-order valence-electron chi connectivity index (χ4n) is 1.49. The topological polar surface area (TPSA) is 99.1 Å². The summed E-state index contributed by atoms with van der Waals surface area (Å²) in [4.78, 5) is 26.1. The number of hydrogen-bond donors (Lipinski definition) is 1. The molecule has 0 aliphatic heterocycles. The summed E-state index contributed by atoms with van der Waals surface area (Å²) in [5, 5.41) is 10.7. The highest BCUT2D eigenvalue weighted by Gasteiger charge is 2.17. The van der Waals surface area contributed by atoms with Crippen LogP contribution in [0.15, 0.2) is 42.6 Å². The normalized spacial score (nSPS) is 10.0. The zero-order chi connectivity index (χ0) is 13.1. The lowest BCUT2D eigenvalue weighted by atomic mass is 10.0. The average molecular weight is 243 g/mol. The van der Waals surface area contributed by atoms with E-state index in [4.69, 9.17) is 5.73 Å². The maximum atomic E-state index is 12.1. The molecule has 0 aliphatic rings. The molecule has 0 spiro atoms. The molecule has 90 valence electrons. The minimum Gasteiger partial charge on any atom is -0.398 e. The molecule has 0 saturated heterocycles. The van der Waals surface area contributed by atoms with Gasteiger partial charge in [-0.3, -0.25) is 19.9 Å². The Kier molecular flexibility index (Phi) is 3.01. The first-order valence-corrected chi connectivity index (χ1v) is 5.09. The Morgan fingerprint density at radius 1 is 1.28 bits per heavy atom. The SMILES string of the molecule is Nc1ccc([N+](=O)[O-])cc1C(=O)c1ccccn1. The van der Waals surface area contributed by atoms with Crippen molar-refractivity contribution in [3.8, 4) is 0 Å². The predicted molar refractivity (Wildman–Crippen MR) is 65.2 cm³/mol. The molecular formula is C12H9N3O3. The number of nitrogen functional groups attached to an aromatic ring is 1. The molecule has 0 atom stereocenters. The van der Waals surface area contributed by atoms with E-state index in [-0.39, 0.29) is 22.6 Å². The predicted octanol–water partition coefficient (Wildman–Crippen LogP) is 1.80. The quantitative estimate of drug-likeness (QED) is 0.383. The van der Waals surface area contributed by atoms with Gasteiger partial charge in [-0.2, -0.15) is 0 Å². The van der Waals surface area contributed by atoms with Crippen molar-refractivity contribution in [1.82, 2.24) is 4.98 Å². The maximum Gasteiger partial charge on any atom is 0.270 e. The minimum atomic E-state index is -0.575. The zero-order valence-electron chi connectivity index (χ0n) is 9.24. The first-order chi connectivity index (χ1) is 8.59. The van der Waals surface area contributed by atoms with Crippen molar-refractivity contribution >= 4 is 17.2 Å². The minimum absolute atomic E-state index is 0.0860. The molecular weight excluding hydrogens is 234 g/mol. The standard InChI is InChI=1S/C12H9N3O3/c13-10-5-4-8(15(17)18)7-9(10)12(16)11-3-1-2-6-14-11/h1-7H,13H2. The highest BCUT2D eigenvalue weighted by atomic mass is 16.6. The van der Waals surface area contributed by atoms with Gasteiger partial charge in [-0.25, -0.2) is 0 Å². The highest BCUT2D eigenvalue weighted by Crippen LogP contribution is 2.21. The number of rotatable bonds is 3. The second kappa shape index (κ2) is 4.62. The lowest BCUT2D eigenvalue weighted by molar-refractivity contribution is -0.384. The largest absolute Gasteiger partial charge is 0.398 e. The lowest BCUT2D eigenvalue weighted by Crippen LogP contribution is -2.07. The van der Waals surface area contributed by atoms with E-state index in [1.54, 1.807) is 12.1 Å². The van der Waals surface area contributed by atoms with Crippen molar-refractivity contribution in [3.63, 3.8) is 0 Å². The number of aromatic nitrogens is 1. The van der Waals surface area contributed by atoms with E-state index in [2.05, 4.69) is 4.98 Å². The number of nitrogens with zero attached hydrogens (tertiary/aromatic N) is 2.